The van der Waals surface area contributed by atoms with Crippen molar-refractivity contribution in [1.29, 1.82) is 0 Å². The first kappa shape index (κ1) is 37.7. The highest BCUT2D eigenvalue weighted by molar-refractivity contribution is 7.24. The molecule has 0 spiro atoms. The van der Waals surface area contributed by atoms with Crippen molar-refractivity contribution < 1.29 is 0 Å². The van der Waals surface area contributed by atoms with E-state index in [1.165, 1.54) is 141 Å². The summed E-state index contributed by atoms with van der Waals surface area (Å²) in [5, 5.41) is 0. The number of hydrogen-bond acceptors (Lipinski definition) is 4. The maximum absolute atomic E-state index is 5.71. The van der Waals surface area contributed by atoms with Crippen LogP contribution in [0.1, 0.15) is 125 Å². The van der Waals surface area contributed by atoms with Crippen molar-refractivity contribution in [3.05, 3.63) is 106 Å². The van der Waals surface area contributed by atoms with Gasteiger partial charge in [0, 0.05) is 34.7 Å². The van der Waals surface area contributed by atoms with Crippen LogP contribution in [0.15, 0.2) is 84.9 Å². The van der Waals surface area contributed by atoms with E-state index in [9.17, 15) is 0 Å². The monoisotopic (exact) mass is 766 g/mol. The molecule has 270 valence electrons. The molecule has 0 N–H and O–H groups in total. The number of unbranched alkanes of at least 4 members (excludes halogenated alkanes) is 10. The van der Waals surface area contributed by atoms with Gasteiger partial charge in [-0.05, 0) is 107 Å². The molecule has 0 fully saturated rings. The van der Waals surface area contributed by atoms with E-state index in [1.54, 1.807) is 33.8 Å². The fourth-order valence-corrected chi connectivity index (χ4v) is 12.0. The lowest BCUT2D eigenvalue weighted by Gasteiger charge is -2.33. The lowest BCUT2D eigenvalue weighted by Crippen LogP contribution is -2.25. The highest BCUT2D eigenvalue weighted by Gasteiger charge is 2.42. The minimum absolute atomic E-state index is 0.0112. The third-order valence-corrected chi connectivity index (χ3v) is 15.7. The van der Waals surface area contributed by atoms with Crippen LogP contribution in [-0.2, 0) is 5.41 Å². The Hall–Kier alpha value is -3.64. The molecule has 0 nitrogen and oxygen atoms in total. The van der Waals surface area contributed by atoms with Crippen molar-refractivity contribution in [3.63, 3.8) is 0 Å². The van der Waals surface area contributed by atoms with Crippen molar-refractivity contribution in [2.45, 2.75) is 109 Å². The summed E-state index contributed by atoms with van der Waals surface area (Å²) in [5.74, 6) is 5.61. The van der Waals surface area contributed by atoms with E-state index in [0.29, 0.717) is 0 Å². The first-order valence-corrected chi connectivity index (χ1v) is 23.0. The van der Waals surface area contributed by atoms with Crippen LogP contribution in [0.5, 0.6) is 0 Å². The molecule has 0 saturated heterocycles. The average molecular weight is 767 g/mol. The van der Waals surface area contributed by atoms with Crippen LogP contribution in [0, 0.1) is 24.7 Å². The van der Waals surface area contributed by atoms with Gasteiger partial charge in [-0.2, -0.15) is 0 Å². The summed E-state index contributed by atoms with van der Waals surface area (Å²) in [6, 6.07) is 32.4. The van der Waals surface area contributed by atoms with Gasteiger partial charge >= 0.3 is 0 Å². The van der Waals surface area contributed by atoms with Crippen LogP contribution < -0.4 is 0 Å². The van der Waals surface area contributed by atoms with Gasteiger partial charge in [0.2, 0.25) is 0 Å². The molecule has 0 unspecified atom stereocenters. The SMILES string of the molecule is C#Cc1ccc(-c2ccc(-c3ccc4c(c3)C(CCCCCCCC)(CCCCCCCC)c3cc(-c5ccc(-c6ccc(C#C)s6)s5)ccc3-4)s2)s1. The maximum Gasteiger partial charge on any atom is 0.0772 e. The number of rotatable bonds is 18. The van der Waals surface area contributed by atoms with Gasteiger partial charge in [-0.3, -0.25) is 0 Å². The predicted molar refractivity (Wildman–Crippen MR) is 238 cm³/mol. The quantitative estimate of drug-likeness (QED) is 0.0604. The molecule has 0 aliphatic heterocycles. The second-order valence-electron chi connectivity index (χ2n) is 14.6. The Morgan fingerprint density at radius 1 is 0.434 bits per heavy atom. The zero-order valence-electron chi connectivity index (χ0n) is 31.3. The first-order valence-electron chi connectivity index (χ1n) is 19.7. The van der Waals surface area contributed by atoms with Gasteiger partial charge in [0.1, 0.15) is 0 Å². The minimum Gasteiger partial charge on any atom is -0.134 e. The number of hydrogen-bond donors (Lipinski definition) is 0. The lowest BCUT2D eigenvalue weighted by molar-refractivity contribution is 0.398. The van der Waals surface area contributed by atoms with Gasteiger partial charge in [-0.1, -0.05) is 127 Å². The lowest BCUT2D eigenvalue weighted by atomic mass is 9.70. The van der Waals surface area contributed by atoms with Gasteiger partial charge in [-0.15, -0.1) is 58.2 Å². The summed E-state index contributed by atoms with van der Waals surface area (Å²) in [7, 11) is 0. The van der Waals surface area contributed by atoms with E-state index in [4.69, 9.17) is 12.8 Å². The van der Waals surface area contributed by atoms with Crippen LogP contribution in [-0.4, -0.2) is 0 Å². The molecule has 0 amide bonds. The van der Waals surface area contributed by atoms with E-state index >= 15 is 0 Å². The summed E-state index contributed by atoms with van der Waals surface area (Å²) in [5.41, 5.74) is 8.66. The third kappa shape index (κ3) is 8.23. The van der Waals surface area contributed by atoms with E-state index in [-0.39, 0.29) is 5.41 Å². The van der Waals surface area contributed by atoms with Crippen molar-refractivity contribution in [1.82, 2.24) is 0 Å². The fourth-order valence-electron chi connectivity index (χ4n) is 8.23. The van der Waals surface area contributed by atoms with E-state index in [1.807, 2.05) is 22.7 Å². The molecule has 7 rings (SSSR count). The Morgan fingerprint density at radius 2 is 0.811 bits per heavy atom. The van der Waals surface area contributed by atoms with Gasteiger partial charge in [-0.25, -0.2) is 0 Å². The predicted octanol–water partition coefficient (Wildman–Crippen LogP) is 16.3. The Labute approximate surface area is 334 Å². The topological polar surface area (TPSA) is 0 Å². The highest BCUT2D eigenvalue weighted by atomic mass is 32.1. The molecule has 4 heteroatoms. The molecule has 4 aromatic heterocycles. The van der Waals surface area contributed by atoms with Crippen molar-refractivity contribution >= 4 is 45.3 Å². The molecule has 1 aliphatic rings. The molecule has 53 heavy (non-hydrogen) atoms. The smallest absolute Gasteiger partial charge is 0.0772 e. The van der Waals surface area contributed by atoms with Crippen LogP contribution in [0.25, 0.3) is 51.5 Å². The zero-order chi connectivity index (χ0) is 36.6. The van der Waals surface area contributed by atoms with Gasteiger partial charge in [0.25, 0.3) is 0 Å². The summed E-state index contributed by atoms with van der Waals surface area (Å²) in [6.07, 6.45) is 29.7. The van der Waals surface area contributed by atoms with E-state index in [0.717, 1.165) is 9.75 Å². The Bertz CT molecular complexity index is 2060. The minimum atomic E-state index is 0.0112. The van der Waals surface area contributed by atoms with Gasteiger partial charge < -0.3 is 0 Å². The van der Waals surface area contributed by atoms with E-state index in [2.05, 4.69) is 111 Å². The number of benzene rings is 2. The molecule has 0 atom stereocenters. The number of terminal acetylenes is 2. The average Bonchev–Trinajstić information content (AvgIpc) is 4.04. The fraction of sp³-hybridized carbons (Fsp3) is 0.347. The van der Waals surface area contributed by atoms with Crippen LogP contribution in [0.4, 0.5) is 0 Å². The normalized spacial score (nSPS) is 12.8. The number of fused-ring (bicyclic) bond motifs is 3. The van der Waals surface area contributed by atoms with Crippen LogP contribution in [0.2, 0.25) is 0 Å². The van der Waals surface area contributed by atoms with Gasteiger partial charge in [0.05, 0.1) is 9.75 Å². The molecule has 2 aromatic carbocycles. The Morgan fingerprint density at radius 3 is 1.23 bits per heavy atom. The largest absolute Gasteiger partial charge is 0.134 e. The molecule has 0 saturated carbocycles. The summed E-state index contributed by atoms with van der Waals surface area (Å²) in [6.45, 7) is 4.63. The molecule has 1 aliphatic carbocycles. The second kappa shape index (κ2) is 17.7. The van der Waals surface area contributed by atoms with E-state index < -0.39 is 0 Å². The molecular formula is C49H50S4. The summed E-state index contributed by atoms with van der Waals surface area (Å²) >= 11 is 7.19. The van der Waals surface area contributed by atoms with Crippen molar-refractivity contribution in [2.75, 3.05) is 0 Å². The first-order chi connectivity index (χ1) is 26.1. The maximum atomic E-state index is 5.71. The molecule has 0 radical (unpaired) electrons. The highest BCUT2D eigenvalue weighted by Crippen LogP contribution is 2.56. The molecule has 0 bridgehead atoms. The summed E-state index contributed by atoms with van der Waals surface area (Å²) < 4.78 is 0. The van der Waals surface area contributed by atoms with Crippen molar-refractivity contribution in [3.8, 4) is 76.2 Å². The zero-order valence-corrected chi connectivity index (χ0v) is 34.5. The molecule has 6 aromatic rings. The third-order valence-electron chi connectivity index (χ3n) is 11.0. The Balaban J connectivity index is 1.28. The van der Waals surface area contributed by atoms with Crippen LogP contribution in [0.3, 0.4) is 0 Å². The number of thiophene rings is 4. The van der Waals surface area contributed by atoms with Crippen molar-refractivity contribution in [2.24, 2.45) is 0 Å². The molecule has 4 heterocycles. The Kier molecular flexibility index (Phi) is 12.6. The standard InChI is InChI=1S/C49H50S4/c1-5-9-11-13-15-17-31-49(32-18-16-14-12-10-6-2)41-33-35(43-27-29-47(52-43)45-25-21-37(7-3)50-45)19-23-39(41)40-24-20-36(34-42(40)49)44-28-30-48(53-44)46-26-22-38(8-4)51-46/h3-4,19-30,33-34H,5-6,9-18,31-32H2,1-2H3. The van der Waals surface area contributed by atoms with Crippen LogP contribution >= 0.6 is 45.3 Å². The van der Waals surface area contributed by atoms with Gasteiger partial charge in [0.15, 0.2) is 0 Å². The second-order valence-corrected chi connectivity index (χ2v) is 18.9. The summed E-state index contributed by atoms with van der Waals surface area (Å²) in [4.78, 5) is 9.72. The molecular weight excluding hydrogens is 717 g/mol.